The number of hydrogen-bond acceptors (Lipinski definition) is 8. The lowest BCUT2D eigenvalue weighted by Gasteiger charge is -2.45. The van der Waals surface area contributed by atoms with Crippen molar-refractivity contribution in [2.75, 3.05) is 0 Å². The van der Waals surface area contributed by atoms with E-state index in [4.69, 9.17) is 30.5 Å². The molecule has 2 aliphatic rings. The van der Waals surface area contributed by atoms with Crippen LogP contribution in [0.4, 0.5) is 0 Å². The Morgan fingerprint density at radius 3 is 2.11 bits per heavy atom. The zero-order valence-electron chi connectivity index (χ0n) is 19.7. The minimum atomic E-state index is -1.05. The number of phenolic OH excluding ortho intramolecular Hbond substituents is 1. The molecule has 1 aliphatic carbocycles. The van der Waals surface area contributed by atoms with Gasteiger partial charge in [-0.2, -0.15) is 0 Å². The predicted molar refractivity (Wildman–Crippen MR) is 125 cm³/mol. The number of phenols is 1. The van der Waals surface area contributed by atoms with Crippen LogP contribution in [0.1, 0.15) is 56.4 Å². The van der Waals surface area contributed by atoms with Crippen LogP contribution in [-0.4, -0.2) is 46.9 Å². The van der Waals surface area contributed by atoms with Gasteiger partial charge in [0.05, 0.1) is 0 Å². The molecule has 8 nitrogen and oxygen atoms in total. The summed E-state index contributed by atoms with van der Waals surface area (Å²) in [6, 6.07) is 12.2. The smallest absolute Gasteiger partial charge is 0.303 e. The second-order valence-electron chi connectivity index (χ2n) is 8.98. The molecule has 186 valence electrons. The van der Waals surface area contributed by atoms with Crippen LogP contribution in [0.3, 0.4) is 0 Å². The van der Waals surface area contributed by atoms with Gasteiger partial charge in [-0.3, -0.25) is 14.4 Å². The molecule has 0 radical (unpaired) electrons. The third kappa shape index (κ3) is 5.60. The molecular weight excluding hydrogens is 476 g/mol. The molecule has 0 bridgehead atoms. The Labute approximate surface area is 208 Å². The number of halogens is 1. The van der Waals surface area contributed by atoms with Gasteiger partial charge in [-0.15, -0.1) is 0 Å². The van der Waals surface area contributed by atoms with Crippen molar-refractivity contribution in [3.8, 4) is 5.75 Å². The Hall–Kier alpha value is -3.10. The monoisotopic (exact) mass is 502 g/mol. The number of benzene rings is 2. The number of carbonyl (C=O) groups is 3. The summed E-state index contributed by atoms with van der Waals surface area (Å²) in [6.45, 7) is 3.77. The van der Waals surface area contributed by atoms with Crippen molar-refractivity contribution in [1.29, 1.82) is 0 Å². The van der Waals surface area contributed by atoms with Gasteiger partial charge in [0.2, 0.25) is 0 Å². The molecule has 4 rings (SSSR count). The lowest BCUT2D eigenvalue weighted by atomic mass is 9.88. The average Bonchev–Trinajstić information content (AvgIpc) is 3.55. The van der Waals surface area contributed by atoms with Crippen LogP contribution in [0, 0.1) is 0 Å². The topological polar surface area (TPSA) is 108 Å². The van der Waals surface area contributed by atoms with Crippen molar-refractivity contribution >= 4 is 29.5 Å². The van der Waals surface area contributed by atoms with Crippen LogP contribution in [-0.2, 0) is 39.8 Å². The normalized spacial score (nSPS) is 24.5. The minimum Gasteiger partial charge on any atom is -0.508 e. The quantitative estimate of drug-likeness (QED) is 0.466. The van der Waals surface area contributed by atoms with E-state index in [1.54, 1.807) is 36.4 Å². The van der Waals surface area contributed by atoms with Gasteiger partial charge in [-0.1, -0.05) is 35.9 Å². The first-order valence-electron chi connectivity index (χ1n) is 11.3. The molecule has 1 saturated carbocycles. The summed E-state index contributed by atoms with van der Waals surface area (Å²) >= 11 is 6.48. The van der Waals surface area contributed by atoms with Gasteiger partial charge in [-0.05, 0) is 54.2 Å². The molecule has 35 heavy (non-hydrogen) atoms. The molecule has 9 heteroatoms. The molecule has 2 fully saturated rings. The Balaban J connectivity index is 1.73. The maximum absolute atomic E-state index is 12.0. The van der Waals surface area contributed by atoms with Crippen molar-refractivity contribution in [2.45, 2.75) is 70.1 Å². The van der Waals surface area contributed by atoms with Crippen molar-refractivity contribution in [1.82, 2.24) is 0 Å². The van der Waals surface area contributed by atoms with Crippen molar-refractivity contribution in [2.24, 2.45) is 0 Å². The number of carbonyl (C=O) groups excluding carboxylic acids is 3. The van der Waals surface area contributed by atoms with Crippen LogP contribution in [0.15, 0.2) is 42.5 Å². The van der Waals surface area contributed by atoms with Crippen LogP contribution < -0.4 is 0 Å². The van der Waals surface area contributed by atoms with E-state index in [1.807, 2.05) is 6.07 Å². The van der Waals surface area contributed by atoms with E-state index in [-0.39, 0.29) is 5.75 Å². The predicted octanol–water partition coefficient (Wildman–Crippen LogP) is 4.04. The highest BCUT2D eigenvalue weighted by Crippen LogP contribution is 2.54. The Kier molecular flexibility index (Phi) is 7.05. The molecule has 1 spiro atoms. The fourth-order valence-corrected chi connectivity index (χ4v) is 4.73. The molecular formula is C26H27ClO8. The fraction of sp³-hybridized carbons (Fsp3) is 0.423. The van der Waals surface area contributed by atoms with Gasteiger partial charge in [-0.25, -0.2) is 0 Å². The van der Waals surface area contributed by atoms with Crippen LogP contribution in [0.2, 0.25) is 5.02 Å². The molecule has 4 atom stereocenters. The van der Waals surface area contributed by atoms with E-state index >= 15 is 0 Å². The van der Waals surface area contributed by atoms with E-state index in [9.17, 15) is 19.5 Å². The van der Waals surface area contributed by atoms with Crippen LogP contribution in [0.5, 0.6) is 5.75 Å². The van der Waals surface area contributed by atoms with Gasteiger partial charge in [0.25, 0.3) is 0 Å². The van der Waals surface area contributed by atoms with Gasteiger partial charge >= 0.3 is 17.9 Å². The first kappa shape index (κ1) is 25.0. The molecule has 0 aromatic heterocycles. The molecule has 1 saturated heterocycles. The summed E-state index contributed by atoms with van der Waals surface area (Å²) in [6.07, 6.45) is -2.10. The van der Waals surface area contributed by atoms with Crippen molar-refractivity contribution in [3.63, 3.8) is 0 Å². The van der Waals surface area contributed by atoms with Crippen molar-refractivity contribution < 1.29 is 38.4 Å². The highest BCUT2D eigenvalue weighted by molar-refractivity contribution is 6.31. The third-order valence-corrected chi connectivity index (χ3v) is 6.54. The van der Waals surface area contributed by atoms with Crippen LogP contribution in [0.25, 0.3) is 0 Å². The summed E-state index contributed by atoms with van der Waals surface area (Å²) in [5, 5.41) is 10.1. The lowest BCUT2D eigenvalue weighted by molar-refractivity contribution is -0.257. The first-order chi connectivity index (χ1) is 16.6. The van der Waals surface area contributed by atoms with E-state index in [2.05, 4.69) is 0 Å². The van der Waals surface area contributed by atoms with Gasteiger partial charge in [0, 0.05) is 25.8 Å². The van der Waals surface area contributed by atoms with Gasteiger partial charge in [0.1, 0.15) is 17.5 Å². The number of ether oxygens (including phenoxy) is 4. The lowest BCUT2D eigenvalue weighted by Crippen LogP contribution is -2.59. The fourth-order valence-electron chi connectivity index (χ4n) is 4.55. The molecule has 1 N–H and O–H groups in total. The second-order valence-corrected chi connectivity index (χ2v) is 9.38. The standard InChI is InChI=1S/C26H27ClO8/c1-14(28)32-23-22(35-26(10-11-26)25(34-16(3)30)24(23)33-15(2)29)18-6-9-21(27)19(13-18)12-17-4-7-20(31)8-5-17/h4-9,13,22-25,31H,10-12H2,1-3H3/t22-,23-,24+,25-/m0/s1. The van der Waals surface area contributed by atoms with E-state index in [0.29, 0.717) is 29.8 Å². The molecule has 2 aromatic rings. The number of aromatic hydroxyl groups is 1. The summed E-state index contributed by atoms with van der Waals surface area (Å²) < 4.78 is 23.2. The third-order valence-electron chi connectivity index (χ3n) is 6.17. The minimum absolute atomic E-state index is 0.169. The molecule has 0 amide bonds. The summed E-state index contributed by atoms with van der Waals surface area (Å²) in [7, 11) is 0. The number of rotatable bonds is 6. The highest BCUT2D eigenvalue weighted by atomic mass is 35.5. The van der Waals surface area contributed by atoms with E-state index in [0.717, 1.165) is 11.1 Å². The van der Waals surface area contributed by atoms with Gasteiger partial charge < -0.3 is 24.1 Å². The number of hydrogen-bond donors (Lipinski definition) is 1. The van der Waals surface area contributed by atoms with Crippen molar-refractivity contribution in [3.05, 3.63) is 64.2 Å². The van der Waals surface area contributed by atoms with E-state index in [1.165, 1.54) is 20.8 Å². The molecule has 1 aliphatic heterocycles. The summed E-state index contributed by atoms with van der Waals surface area (Å²) in [5.41, 5.74) is 1.58. The zero-order valence-corrected chi connectivity index (χ0v) is 20.4. The first-order valence-corrected chi connectivity index (χ1v) is 11.7. The second kappa shape index (κ2) is 9.87. The highest BCUT2D eigenvalue weighted by Gasteiger charge is 2.65. The van der Waals surface area contributed by atoms with Gasteiger partial charge in [0.15, 0.2) is 18.3 Å². The summed E-state index contributed by atoms with van der Waals surface area (Å²) in [5.74, 6) is -1.57. The largest absolute Gasteiger partial charge is 0.508 e. The SMILES string of the molecule is CC(=O)O[C@@H]1[C@@H](OC(C)=O)[C@H](OC(C)=O)C2(CC2)O[C@H]1c1ccc(Cl)c(Cc2ccc(O)cc2)c1. The molecule has 0 unspecified atom stereocenters. The maximum atomic E-state index is 12.0. The number of esters is 3. The Morgan fingerprint density at radius 1 is 0.943 bits per heavy atom. The molecule has 2 aromatic carbocycles. The molecule has 1 heterocycles. The summed E-state index contributed by atoms with van der Waals surface area (Å²) in [4.78, 5) is 35.9. The van der Waals surface area contributed by atoms with E-state index < -0.39 is 47.9 Å². The average molecular weight is 503 g/mol. The Morgan fingerprint density at radius 2 is 1.54 bits per heavy atom. The zero-order chi connectivity index (χ0) is 25.3. The van der Waals surface area contributed by atoms with Crippen LogP contribution >= 0.6 is 11.6 Å². The maximum Gasteiger partial charge on any atom is 0.303 e. The Bertz CT molecular complexity index is 1120.